The van der Waals surface area contributed by atoms with Crippen molar-refractivity contribution in [3.8, 4) is 0 Å². The van der Waals surface area contributed by atoms with Gasteiger partial charge in [0.1, 0.15) is 13.1 Å². The molecule has 0 aliphatic rings. The predicted molar refractivity (Wildman–Crippen MR) is 103 cm³/mol. The van der Waals surface area contributed by atoms with Gasteiger partial charge in [-0.3, -0.25) is 10.1 Å². The minimum Gasteiger partial charge on any atom is -0.338 e. The SMILES string of the molecule is CC(C)CCNC(=O)NC(=O)C[NH+](Cc1cccs1)Cc1cccs1. The molecule has 0 saturated heterocycles. The van der Waals surface area contributed by atoms with E-state index in [2.05, 4.69) is 36.6 Å². The number of imide groups is 1. The Bertz CT molecular complexity index is 603. The molecule has 0 unspecified atom stereocenters. The first-order valence-corrected chi connectivity index (χ1v) is 10.2. The van der Waals surface area contributed by atoms with Crippen LogP contribution in [0.3, 0.4) is 0 Å². The third-order valence-electron chi connectivity index (χ3n) is 3.68. The summed E-state index contributed by atoms with van der Waals surface area (Å²) in [4.78, 5) is 27.6. The van der Waals surface area contributed by atoms with Gasteiger partial charge in [-0.25, -0.2) is 4.79 Å². The van der Waals surface area contributed by atoms with Crippen LogP contribution >= 0.6 is 22.7 Å². The summed E-state index contributed by atoms with van der Waals surface area (Å²) in [6.45, 7) is 6.60. The number of amides is 3. The van der Waals surface area contributed by atoms with E-state index in [0.717, 1.165) is 24.4 Å². The Balaban J connectivity index is 1.84. The van der Waals surface area contributed by atoms with Gasteiger partial charge in [0, 0.05) is 6.54 Å². The first-order chi connectivity index (χ1) is 12.0. The number of rotatable bonds is 9. The van der Waals surface area contributed by atoms with Crippen LogP contribution in [0.2, 0.25) is 0 Å². The Morgan fingerprint density at radius 2 is 1.68 bits per heavy atom. The molecule has 2 heterocycles. The number of carbonyl (C=O) groups is 2. The topological polar surface area (TPSA) is 62.6 Å². The summed E-state index contributed by atoms with van der Waals surface area (Å²) in [7, 11) is 0. The fraction of sp³-hybridized carbons (Fsp3) is 0.444. The lowest BCUT2D eigenvalue weighted by molar-refractivity contribution is -0.919. The predicted octanol–water partition coefficient (Wildman–Crippen LogP) is 2.27. The minimum absolute atomic E-state index is 0.245. The summed E-state index contributed by atoms with van der Waals surface area (Å²) in [5, 5.41) is 9.26. The second kappa shape index (κ2) is 10.3. The van der Waals surface area contributed by atoms with E-state index in [0.29, 0.717) is 12.5 Å². The van der Waals surface area contributed by atoms with E-state index < -0.39 is 6.03 Å². The lowest BCUT2D eigenvalue weighted by atomic mass is 10.1. The molecule has 7 heteroatoms. The van der Waals surface area contributed by atoms with Gasteiger partial charge in [0.15, 0.2) is 6.54 Å². The zero-order valence-electron chi connectivity index (χ0n) is 14.7. The van der Waals surface area contributed by atoms with Crippen molar-refractivity contribution < 1.29 is 14.5 Å². The van der Waals surface area contributed by atoms with Gasteiger partial charge in [0.2, 0.25) is 0 Å². The van der Waals surface area contributed by atoms with Gasteiger partial charge < -0.3 is 10.2 Å². The molecule has 5 nitrogen and oxygen atoms in total. The van der Waals surface area contributed by atoms with Crippen molar-refractivity contribution in [2.75, 3.05) is 13.1 Å². The van der Waals surface area contributed by atoms with Gasteiger partial charge in [0.05, 0.1) is 9.75 Å². The molecule has 2 aromatic rings. The quantitative estimate of drug-likeness (QED) is 0.625. The third-order valence-corrected chi connectivity index (χ3v) is 5.43. The van der Waals surface area contributed by atoms with Gasteiger partial charge in [-0.2, -0.15) is 0 Å². The number of hydrogen-bond acceptors (Lipinski definition) is 4. The van der Waals surface area contributed by atoms with Crippen LogP contribution in [-0.2, 0) is 17.9 Å². The van der Waals surface area contributed by atoms with Crippen molar-refractivity contribution in [1.29, 1.82) is 0 Å². The van der Waals surface area contributed by atoms with Gasteiger partial charge in [-0.05, 0) is 35.2 Å². The van der Waals surface area contributed by atoms with E-state index in [4.69, 9.17) is 0 Å². The summed E-state index contributed by atoms with van der Waals surface area (Å²) in [5.41, 5.74) is 0. The molecule has 0 bridgehead atoms. The molecule has 0 spiro atoms. The standard InChI is InChI=1S/C18H25N3O2S2/c1-14(2)7-8-19-18(23)20-17(22)13-21(11-15-5-3-9-24-15)12-16-6-4-10-25-16/h3-6,9-10,14H,7-8,11-13H2,1-2H3,(H2,19,20,22,23)/p+1. The van der Waals surface area contributed by atoms with Crippen LogP contribution < -0.4 is 15.5 Å². The maximum atomic E-state index is 12.2. The van der Waals surface area contributed by atoms with Gasteiger partial charge in [-0.15, -0.1) is 22.7 Å². The summed E-state index contributed by atoms with van der Waals surface area (Å²) >= 11 is 3.38. The van der Waals surface area contributed by atoms with Crippen molar-refractivity contribution in [1.82, 2.24) is 10.6 Å². The van der Waals surface area contributed by atoms with E-state index >= 15 is 0 Å². The molecule has 2 aromatic heterocycles. The maximum absolute atomic E-state index is 12.2. The zero-order chi connectivity index (χ0) is 18.1. The van der Waals surface area contributed by atoms with E-state index in [1.54, 1.807) is 22.7 Å². The molecule has 0 atom stereocenters. The highest BCUT2D eigenvalue weighted by Gasteiger charge is 2.18. The first kappa shape index (κ1) is 19.6. The highest BCUT2D eigenvalue weighted by molar-refractivity contribution is 7.10. The van der Waals surface area contributed by atoms with Crippen molar-refractivity contribution in [3.05, 3.63) is 44.8 Å². The Kier molecular flexibility index (Phi) is 8.11. The first-order valence-electron chi connectivity index (χ1n) is 8.49. The third kappa shape index (κ3) is 7.81. The number of carbonyl (C=O) groups excluding carboxylic acids is 2. The Morgan fingerprint density at radius 1 is 1.08 bits per heavy atom. The van der Waals surface area contributed by atoms with Crippen LogP contribution in [-0.4, -0.2) is 25.0 Å². The fourth-order valence-electron chi connectivity index (χ4n) is 2.42. The lowest BCUT2D eigenvalue weighted by Gasteiger charge is -2.17. The van der Waals surface area contributed by atoms with E-state index in [1.165, 1.54) is 9.75 Å². The highest BCUT2D eigenvalue weighted by atomic mass is 32.1. The van der Waals surface area contributed by atoms with Crippen LogP contribution in [0.15, 0.2) is 35.0 Å². The number of hydrogen-bond donors (Lipinski definition) is 3. The molecule has 0 aliphatic carbocycles. The summed E-state index contributed by atoms with van der Waals surface area (Å²) < 4.78 is 0. The molecule has 2 rings (SSSR count). The summed E-state index contributed by atoms with van der Waals surface area (Å²) in [5.74, 6) is 0.276. The fourth-order valence-corrected chi connectivity index (χ4v) is 3.98. The molecule has 136 valence electrons. The Morgan fingerprint density at radius 3 is 2.16 bits per heavy atom. The highest BCUT2D eigenvalue weighted by Crippen LogP contribution is 2.08. The van der Waals surface area contributed by atoms with Crippen LogP contribution in [0.1, 0.15) is 30.0 Å². The molecule has 0 saturated carbocycles. The Hall–Kier alpha value is -1.70. The Labute approximate surface area is 157 Å². The van der Waals surface area contributed by atoms with Crippen LogP contribution in [0, 0.1) is 5.92 Å². The van der Waals surface area contributed by atoms with Crippen molar-refractivity contribution in [3.63, 3.8) is 0 Å². The van der Waals surface area contributed by atoms with E-state index in [1.807, 2.05) is 22.9 Å². The van der Waals surface area contributed by atoms with Gasteiger partial charge in [-0.1, -0.05) is 26.0 Å². The summed E-state index contributed by atoms with van der Waals surface area (Å²) in [6.07, 6.45) is 0.899. The second-order valence-corrected chi connectivity index (χ2v) is 8.49. The maximum Gasteiger partial charge on any atom is 0.321 e. The average Bonchev–Trinajstić information content (AvgIpc) is 3.20. The number of quaternary nitrogens is 1. The van der Waals surface area contributed by atoms with Crippen LogP contribution in [0.5, 0.6) is 0 Å². The van der Waals surface area contributed by atoms with Crippen LogP contribution in [0.25, 0.3) is 0 Å². The molecular weight excluding hydrogens is 354 g/mol. The molecular formula is C18H26N3O2S2+. The normalized spacial score (nSPS) is 11.0. The zero-order valence-corrected chi connectivity index (χ0v) is 16.3. The molecule has 3 N–H and O–H groups in total. The van der Waals surface area contributed by atoms with Crippen molar-refractivity contribution in [2.45, 2.75) is 33.4 Å². The largest absolute Gasteiger partial charge is 0.338 e. The monoisotopic (exact) mass is 380 g/mol. The molecule has 3 amide bonds. The molecule has 25 heavy (non-hydrogen) atoms. The van der Waals surface area contributed by atoms with Crippen molar-refractivity contribution in [2.24, 2.45) is 5.92 Å². The van der Waals surface area contributed by atoms with E-state index in [9.17, 15) is 9.59 Å². The van der Waals surface area contributed by atoms with Gasteiger partial charge in [0.25, 0.3) is 5.91 Å². The second-order valence-electron chi connectivity index (χ2n) is 6.43. The number of thiophene rings is 2. The number of urea groups is 1. The molecule has 0 aliphatic heterocycles. The number of nitrogens with one attached hydrogen (secondary N) is 3. The van der Waals surface area contributed by atoms with E-state index in [-0.39, 0.29) is 12.5 Å². The smallest absolute Gasteiger partial charge is 0.321 e. The minimum atomic E-state index is -0.405. The molecule has 0 aromatic carbocycles. The van der Waals surface area contributed by atoms with Crippen molar-refractivity contribution >= 4 is 34.6 Å². The molecule has 0 fully saturated rings. The van der Waals surface area contributed by atoms with Gasteiger partial charge >= 0.3 is 6.03 Å². The molecule has 0 radical (unpaired) electrons. The lowest BCUT2D eigenvalue weighted by Crippen LogP contribution is -3.10. The summed E-state index contributed by atoms with van der Waals surface area (Å²) in [6, 6.07) is 7.79. The average molecular weight is 381 g/mol. The van der Waals surface area contributed by atoms with Crippen LogP contribution in [0.4, 0.5) is 4.79 Å².